The maximum Gasteiger partial charge on any atom is 0.573 e. The molecule has 8 heteroatoms. The number of carbonyl (C=O) groups excluding carboxylic acids is 1. The molecule has 0 aliphatic carbocycles. The average molecular weight is 279 g/mol. The lowest BCUT2D eigenvalue weighted by molar-refractivity contribution is -0.275. The molecule has 0 N–H and O–H groups in total. The second-order valence-electron chi connectivity index (χ2n) is 3.39. The van der Waals surface area contributed by atoms with Gasteiger partial charge in [0.25, 0.3) is 0 Å². The highest BCUT2D eigenvalue weighted by Crippen LogP contribution is 2.37. The number of esters is 1. The Bertz CT molecular complexity index is 474. The second-order valence-corrected chi connectivity index (χ2v) is 3.39. The van der Waals surface area contributed by atoms with Crippen LogP contribution in [-0.4, -0.2) is 31.0 Å². The number of hydrogen-bond acceptors (Lipinski definition) is 5. The van der Waals surface area contributed by atoms with Crippen molar-refractivity contribution in [3.05, 3.63) is 17.5 Å². The number of methoxy groups -OCH3 is 1. The van der Waals surface area contributed by atoms with Crippen molar-refractivity contribution in [3.8, 4) is 11.5 Å². The SMILES string of the molecule is CCOC(=O)c1cnc(C)c(OC(F)(F)F)c1OC. The summed E-state index contributed by atoms with van der Waals surface area (Å²) in [6.45, 7) is 2.95. The smallest absolute Gasteiger partial charge is 0.492 e. The van der Waals surface area contributed by atoms with Crippen LogP contribution in [0.1, 0.15) is 23.0 Å². The van der Waals surface area contributed by atoms with Gasteiger partial charge in [0.1, 0.15) is 5.56 Å². The number of pyridine rings is 1. The highest BCUT2D eigenvalue weighted by molar-refractivity contribution is 5.93. The van der Waals surface area contributed by atoms with Crippen molar-refractivity contribution >= 4 is 5.97 Å². The van der Waals surface area contributed by atoms with E-state index in [1.165, 1.54) is 6.92 Å². The van der Waals surface area contributed by atoms with Crippen LogP contribution in [0.25, 0.3) is 0 Å². The zero-order valence-corrected chi connectivity index (χ0v) is 10.5. The Labute approximate surface area is 107 Å². The summed E-state index contributed by atoms with van der Waals surface area (Å²) < 4.78 is 50.2. The fraction of sp³-hybridized carbons (Fsp3) is 0.455. The van der Waals surface area contributed by atoms with Crippen molar-refractivity contribution < 1.29 is 32.2 Å². The average Bonchev–Trinajstić information content (AvgIpc) is 2.30. The van der Waals surface area contributed by atoms with Crippen molar-refractivity contribution in [2.24, 2.45) is 0 Å². The van der Waals surface area contributed by atoms with Gasteiger partial charge >= 0.3 is 12.3 Å². The predicted octanol–water partition coefficient (Wildman–Crippen LogP) is 2.47. The van der Waals surface area contributed by atoms with E-state index in [1.807, 2.05) is 0 Å². The van der Waals surface area contributed by atoms with E-state index in [0.717, 1.165) is 13.3 Å². The molecule has 0 aliphatic heterocycles. The van der Waals surface area contributed by atoms with Gasteiger partial charge in [-0.25, -0.2) is 4.79 Å². The third-order valence-electron chi connectivity index (χ3n) is 2.08. The number of nitrogens with zero attached hydrogens (tertiary/aromatic N) is 1. The van der Waals surface area contributed by atoms with Crippen molar-refractivity contribution in [2.45, 2.75) is 20.2 Å². The zero-order valence-electron chi connectivity index (χ0n) is 10.5. The Kier molecular flexibility index (Phi) is 4.57. The molecule has 0 saturated heterocycles. The molecule has 0 unspecified atom stereocenters. The van der Waals surface area contributed by atoms with E-state index >= 15 is 0 Å². The summed E-state index contributed by atoms with van der Waals surface area (Å²) in [4.78, 5) is 15.2. The number of ether oxygens (including phenoxy) is 3. The largest absolute Gasteiger partial charge is 0.573 e. The quantitative estimate of drug-likeness (QED) is 0.792. The zero-order chi connectivity index (χ0) is 14.6. The second kappa shape index (κ2) is 5.77. The van der Waals surface area contributed by atoms with Gasteiger partial charge in [-0.2, -0.15) is 0 Å². The third kappa shape index (κ3) is 3.73. The van der Waals surface area contributed by atoms with Crippen LogP contribution in [0.15, 0.2) is 6.20 Å². The summed E-state index contributed by atoms with van der Waals surface area (Å²) in [7, 11) is 1.13. The van der Waals surface area contributed by atoms with Gasteiger partial charge in [0, 0.05) is 6.20 Å². The summed E-state index contributed by atoms with van der Waals surface area (Å²) in [5, 5.41) is 0. The summed E-state index contributed by atoms with van der Waals surface area (Å²) in [6, 6.07) is 0. The van der Waals surface area contributed by atoms with E-state index in [-0.39, 0.29) is 23.6 Å². The molecule has 1 rings (SSSR count). The minimum absolute atomic E-state index is 0.0535. The number of hydrogen-bond donors (Lipinski definition) is 0. The third-order valence-corrected chi connectivity index (χ3v) is 2.08. The van der Waals surface area contributed by atoms with Gasteiger partial charge in [-0.05, 0) is 13.8 Å². The van der Waals surface area contributed by atoms with Crippen LogP contribution in [0.5, 0.6) is 11.5 Å². The van der Waals surface area contributed by atoms with Crippen LogP contribution in [-0.2, 0) is 4.74 Å². The number of aryl methyl sites for hydroxylation is 1. The van der Waals surface area contributed by atoms with Gasteiger partial charge in [0.15, 0.2) is 11.5 Å². The Morgan fingerprint density at radius 1 is 1.37 bits per heavy atom. The molecule has 0 spiro atoms. The molecule has 1 heterocycles. The Hall–Kier alpha value is -1.99. The highest BCUT2D eigenvalue weighted by atomic mass is 19.4. The number of carbonyl (C=O) groups is 1. The molecule has 0 aliphatic rings. The molecule has 0 atom stereocenters. The van der Waals surface area contributed by atoms with Crippen LogP contribution >= 0.6 is 0 Å². The van der Waals surface area contributed by atoms with Crippen molar-refractivity contribution in [3.63, 3.8) is 0 Å². The standard InChI is InChI=1S/C11H12F3NO4/c1-4-18-10(16)7-5-15-6(2)8(9(7)17-3)19-11(12,13)14/h5H,4H2,1-3H3. The number of alkyl halides is 3. The van der Waals surface area contributed by atoms with Gasteiger partial charge in [-0.15, -0.1) is 13.2 Å². The van der Waals surface area contributed by atoms with E-state index in [1.54, 1.807) is 6.92 Å². The van der Waals surface area contributed by atoms with E-state index in [0.29, 0.717) is 0 Å². The molecular weight excluding hydrogens is 267 g/mol. The molecule has 0 saturated carbocycles. The molecular formula is C11H12F3NO4. The Morgan fingerprint density at radius 3 is 2.47 bits per heavy atom. The van der Waals surface area contributed by atoms with E-state index < -0.39 is 18.1 Å². The highest BCUT2D eigenvalue weighted by Gasteiger charge is 2.35. The first-order valence-electron chi connectivity index (χ1n) is 5.26. The van der Waals surface area contributed by atoms with Gasteiger partial charge < -0.3 is 14.2 Å². The van der Waals surface area contributed by atoms with Gasteiger partial charge in [-0.1, -0.05) is 0 Å². The maximum absolute atomic E-state index is 12.3. The lowest BCUT2D eigenvalue weighted by Gasteiger charge is -2.16. The summed E-state index contributed by atoms with van der Waals surface area (Å²) >= 11 is 0. The van der Waals surface area contributed by atoms with Crippen molar-refractivity contribution in [1.82, 2.24) is 4.98 Å². The van der Waals surface area contributed by atoms with Gasteiger partial charge in [0.05, 0.1) is 19.4 Å². The van der Waals surface area contributed by atoms with Crippen LogP contribution in [0, 0.1) is 6.92 Å². The molecule has 0 aromatic carbocycles. The lowest BCUT2D eigenvalue weighted by atomic mass is 10.2. The monoisotopic (exact) mass is 279 g/mol. The van der Waals surface area contributed by atoms with Gasteiger partial charge in [0.2, 0.25) is 0 Å². The first-order chi connectivity index (χ1) is 8.80. The summed E-state index contributed by atoms with van der Waals surface area (Å²) in [6.07, 6.45) is -3.83. The Morgan fingerprint density at radius 2 is 2.00 bits per heavy atom. The number of rotatable bonds is 4. The molecule has 1 aromatic heterocycles. The topological polar surface area (TPSA) is 57.7 Å². The molecule has 0 bridgehead atoms. The first-order valence-corrected chi connectivity index (χ1v) is 5.26. The van der Waals surface area contributed by atoms with E-state index in [4.69, 9.17) is 9.47 Å². The van der Waals surface area contributed by atoms with E-state index in [9.17, 15) is 18.0 Å². The van der Waals surface area contributed by atoms with Crippen molar-refractivity contribution in [1.29, 1.82) is 0 Å². The molecule has 1 aromatic rings. The Balaban J connectivity index is 3.29. The lowest BCUT2D eigenvalue weighted by Crippen LogP contribution is -2.20. The minimum atomic E-state index is -4.91. The van der Waals surface area contributed by atoms with Crippen LogP contribution < -0.4 is 9.47 Å². The fourth-order valence-electron chi connectivity index (χ4n) is 1.36. The molecule has 5 nitrogen and oxygen atoms in total. The fourth-order valence-corrected chi connectivity index (χ4v) is 1.36. The molecule has 0 radical (unpaired) electrons. The molecule has 0 fully saturated rings. The maximum atomic E-state index is 12.3. The summed E-state index contributed by atoms with van der Waals surface area (Å²) in [5.41, 5.74) is -0.281. The minimum Gasteiger partial charge on any atom is -0.492 e. The van der Waals surface area contributed by atoms with Gasteiger partial charge in [-0.3, -0.25) is 4.98 Å². The van der Waals surface area contributed by atoms with Crippen LogP contribution in [0.2, 0.25) is 0 Å². The predicted molar refractivity (Wildman–Crippen MR) is 58.2 cm³/mol. The molecule has 0 amide bonds. The molecule has 19 heavy (non-hydrogen) atoms. The van der Waals surface area contributed by atoms with Crippen LogP contribution in [0.3, 0.4) is 0 Å². The first kappa shape index (κ1) is 15.1. The number of halogens is 3. The van der Waals surface area contributed by atoms with Crippen molar-refractivity contribution in [2.75, 3.05) is 13.7 Å². The summed E-state index contributed by atoms with van der Waals surface area (Å²) in [5.74, 6) is -1.84. The number of aromatic nitrogens is 1. The van der Waals surface area contributed by atoms with Crippen LogP contribution in [0.4, 0.5) is 13.2 Å². The molecule has 106 valence electrons. The van der Waals surface area contributed by atoms with E-state index in [2.05, 4.69) is 9.72 Å². The normalized spacial score (nSPS) is 11.1.